The number of thioether (sulfide) groups is 1. The number of nitrogens with one attached hydrogen (secondary N) is 2. The molecule has 0 aliphatic carbocycles. The first-order valence-corrected chi connectivity index (χ1v) is 10.7. The van der Waals surface area contributed by atoms with Gasteiger partial charge in [-0.05, 0) is 39.8 Å². The number of carbonyl (C=O) groups is 1. The first-order chi connectivity index (χ1) is 12.0. The number of carbonyl (C=O) groups excluding carboxylic acids is 1. The van der Waals surface area contributed by atoms with Crippen molar-refractivity contribution in [3.8, 4) is 6.07 Å². The number of hydrogen-bond acceptors (Lipinski definition) is 8. The van der Waals surface area contributed by atoms with Crippen molar-refractivity contribution in [3.05, 3.63) is 23.6 Å². The van der Waals surface area contributed by atoms with Crippen LogP contribution in [0.4, 0.5) is 5.13 Å². The number of sulfonamides is 1. The lowest BCUT2D eigenvalue weighted by atomic mass is 10.1. The summed E-state index contributed by atoms with van der Waals surface area (Å²) >= 11 is 2.58. The quantitative estimate of drug-likeness (QED) is 0.696. The summed E-state index contributed by atoms with van der Waals surface area (Å²) in [7, 11) is -3.86. The highest BCUT2D eigenvalue weighted by Crippen LogP contribution is 2.32. The van der Waals surface area contributed by atoms with Crippen molar-refractivity contribution in [3.63, 3.8) is 0 Å². The van der Waals surface area contributed by atoms with Gasteiger partial charge in [-0.1, -0.05) is 23.1 Å². The van der Waals surface area contributed by atoms with E-state index in [1.54, 1.807) is 27.7 Å². The Bertz CT molecular complexity index is 948. The molecule has 0 unspecified atom stereocenters. The molecule has 2 aromatic heterocycles. The SMILES string of the molecule is Cc1nc(NC(=O)c2ccc(S(=O)(=O)NC(C)(C)C)o2)sc1SCC#N. The second-order valence-electron chi connectivity index (χ2n) is 6.27. The number of aromatic nitrogens is 1. The van der Waals surface area contributed by atoms with Crippen LogP contribution in [-0.2, 0) is 10.0 Å². The van der Waals surface area contributed by atoms with Crippen molar-refractivity contribution in [2.24, 2.45) is 0 Å². The zero-order valence-corrected chi connectivity index (χ0v) is 17.1. The number of nitriles is 1. The van der Waals surface area contributed by atoms with E-state index in [4.69, 9.17) is 9.68 Å². The van der Waals surface area contributed by atoms with Gasteiger partial charge in [0.1, 0.15) is 0 Å². The van der Waals surface area contributed by atoms with E-state index in [9.17, 15) is 13.2 Å². The Labute approximate surface area is 160 Å². The van der Waals surface area contributed by atoms with E-state index >= 15 is 0 Å². The van der Waals surface area contributed by atoms with Crippen molar-refractivity contribution >= 4 is 44.2 Å². The van der Waals surface area contributed by atoms with Crippen LogP contribution in [0.2, 0.25) is 0 Å². The van der Waals surface area contributed by atoms with Crippen molar-refractivity contribution in [2.75, 3.05) is 11.1 Å². The van der Waals surface area contributed by atoms with Gasteiger partial charge in [-0.15, -0.1) is 0 Å². The van der Waals surface area contributed by atoms with Gasteiger partial charge in [0.2, 0.25) is 5.09 Å². The van der Waals surface area contributed by atoms with Gasteiger partial charge in [-0.3, -0.25) is 10.1 Å². The average molecular weight is 415 g/mol. The van der Waals surface area contributed by atoms with Crippen LogP contribution in [0.1, 0.15) is 37.0 Å². The minimum absolute atomic E-state index is 0.140. The molecule has 2 aromatic rings. The zero-order valence-electron chi connectivity index (χ0n) is 14.6. The Hall–Kier alpha value is -1.87. The molecule has 0 spiro atoms. The summed E-state index contributed by atoms with van der Waals surface area (Å²) in [5.74, 6) is -0.456. The lowest BCUT2D eigenvalue weighted by Crippen LogP contribution is -2.40. The Morgan fingerprint density at radius 1 is 1.42 bits per heavy atom. The molecule has 0 radical (unpaired) electrons. The number of furan rings is 1. The summed E-state index contributed by atoms with van der Waals surface area (Å²) in [6, 6.07) is 4.55. The fourth-order valence-corrected chi connectivity index (χ4v) is 5.01. The number of anilines is 1. The van der Waals surface area contributed by atoms with Gasteiger partial charge in [0.25, 0.3) is 15.9 Å². The third kappa shape index (κ3) is 5.31. The number of aryl methyl sites for hydroxylation is 1. The number of hydrogen-bond donors (Lipinski definition) is 2. The Kier molecular flexibility index (Phi) is 6.13. The second-order valence-corrected chi connectivity index (χ2v) is 10.1. The van der Waals surface area contributed by atoms with Crippen molar-refractivity contribution in [2.45, 2.75) is 42.5 Å². The predicted molar refractivity (Wildman–Crippen MR) is 99.9 cm³/mol. The van der Waals surface area contributed by atoms with Crippen LogP contribution in [0.5, 0.6) is 0 Å². The molecule has 1 amide bonds. The standard InChI is InChI=1S/C15H18N4O4S3/c1-9-13(24-8-7-16)25-14(17-9)18-12(20)10-5-6-11(23-10)26(21,22)19-15(2,3)4/h5-6,19H,8H2,1-4H3,(H,17,18,20). The van der Waals surface area contributed by atoms with Crippen LogP contribution in [0, 0.1) is 18.3 Å². The summed E-state index contributed by atoms with van der Waals surface area (Å²) in [5.41, 5.74) is 0.0341. The third-order valence-electron chi connectivity index (χ3n) is 2.75. The minimum Gasteiger partial charge on any atom is -0.438 e. The maximum absolute atomic E-state index is 12.3. The molecule has 140 valence electrons. The number of thiazole rings is 1. The van der Waals surface area contributed by atoms with Crippen LogP contribution in [0.3, 0.4) is 0 Å². The van der Waals surface area contributed by atoms with Crippen LogP contribution in [-0.4, -0.2) is 30.6 Å². The molecule has 0 atom stereocenters. The van der Waals surface area contributed by atoms with E-state index in [0.29, 0.717) is 10.8 Å². The van der Waals surface area contributed by atoms with Crippen LogP contribution in [0.25, 0.3) is 0 Å². The van der Waals surface area contributed by atoms with Gasteiger partial charge >= 0.3 is 0 Å². The number of amides is 1. The average Bonchev–Trinajstić information content (AvgIpc) is 3.10. The van der Waals surface area contributed by atoms with E-state index in [1.165, 1.54) is 35.2 Å². The third-order valence-corrected chi connectivity index (χ3v) is 6.69. The van der Waals surface area contributed by atoms with Gasteiger partial charge < -0.3 is 4.42 Å². The maximum atomic E-state index is 12.3. The second kappa shape index (κ2) is 7.79. The highest BCUT2D eigenvalue weighted by Gasteiger charge is 2.26. The van der Waals surface area contributed by atoms with Crippen molar-refractivity contribution in [1.29, 1.82) is 5.26 Å². The first-order valence-electron chi connectivity index (χ1n) is 7.44. The van der Waals surface area contributed by atoms with Crippen molar-refractivity contribution in [1.82, 2.24) is 9.71 Å². The molecule has 26 heavy (non-hydrogen) atoms. The maximum Gasteiger partial charge on any atom is 0.293 e. The number of nitrogens with zero attached hydrogens (tertiary/aromatic N) is 2. The Balaban J connectivity index is 2.12. The Morgan fingerprint density at radius 3 is 2.73 bits per heavy atom. The molecule has 2 heterocycles. The zero-order chi connectivity index (χ0) is 19.5. The van der Waals surface area contributed by atoms with Gasteiger partial charge in [-0.25, -0.2) is 18.1 Å². The summed E-state index contributed by atoms with van der Waals surface area (Å²) in [4.78, 5) is 16.5. The highest BCUT2D eigenvalue weighted by atomic mass is 32.2. The minimum atomic E-state index is -3.86. The molecular formula is C15H18N4O4S3. The molecule has 0 bridgehead atoms. The monoisotopic (exact) mass is 414 g/mol. The largest absolute Gasteiger partial charge is 0.438 e. The van der Waals surface area contributed by atoms with Crippen molar-refractivity contribution < 1.29 is 17.6 Å². The molecule has 0 saturated carbocycles. The van der Waals surface area contributed by atoms with E-state index in [0.717, 1.165) is 4.21 Å². The van der Waals surface area contributed by atoms with E-state index in [-0.39, 0.29) is 16.6 Å². The molecule has 8 nitrogen and oxygen atoms in total. The fraction of sp³-hybridized carbons (Fsp3) is 0.400. The normalized spacial score (nSPS) is 12.0. The fourth-order valence-electron chi connectivity index (χ4n) is 1.87. The van der Waals surface area contributed by atoms with Gasteiger partial charge in [0.15, 0.2) is 10.9 Å². The van der Waals surface area contributed by atoms with Crippen LogP contribution < -0.4 is 10.0 Å². The van der Waals surface area contributed by atoms with E-state index in [1.807, 2.05) is 6.07 Å². The van der Waals surface area contributed by atoms with E-state index < -0.39 is 21.5 Å². The first kappa shape index (κ1) is 20.4. The lowest BCUT2D eigenvalue weighted by Gasteiger charge is -2.18. The molecule has 11 heteroatoms. The smallest absolute Gasteiger partial charge is 0.293 e. The topological polar surface area (TPSA) is 125 Å². The molecule has 0 saturated heterocycles. The van der Waals surface area contributed by atoms with Crippen LogP contribution in [0.15, 0.2) is 25.9 Å². The molecule has 0 aromatic carbocycles. The van der Waals surface area contributed by atoms with Gasteiger partial charge in [0.05, 0.1) is 21.7 Å². The summed E-state index contributed by atoms with van der Waals surface area (Å²) in [6.07, 6.45) is 0. The van der Waals surface area contributed by atoms with E-state index in [2.05, 4.69) is 15.0 Å². The van der Waals surface area contributed by atoms with Gasteiger partial charge in [-0.2, -0.15) is 5.26 Å². The summed E-state index contributed by atoms with van der Waals surface area (Å²) in [5, 5.41) is 11.2. The lowest BCUT2D eigenvalue weighted by molar-refractivity contribution is 0.0991. The van der Waals surface area contributed by atoms with Gasteiger partial charge in [0, 0.05) is 5.54 Å². The molecular weight excluding hydrogens is 396 g/mol. The highest BCUT2D eigenvalue weighted by molar-refractivity contribution is 8.01. The molecule has 0 aliphatic rings. The molecule has 0 aliphatic heterocycles. The number of rotatable bonds is 6. The summed E-state index contributed by atoms with van der Waals surface area (Å²) in [6.45, 7) is 6.89. The van der Waals surface area contributed by atoms with Crippen LogP contribution >= 0.6 is 23.1 Å². The Morgan fingerprint density at radius 2 is 2.12 bits per heavy atom. The molecule has 0 fully saturated rings. The molecule has 2 N–H and O–H groups in total. The predicted octanol–water partition coefficient (Wildman–Crippen LogP) is 2.99. The summed E-state index contributed by atoms with van der Waals surface area (Å²) < 4.78 is 32.9. The molecule has 2 rings (SSSR count).